The van der Waals surface area contributed by atoms with Gasteiger partial charge in [0.15, 0.2) is 0 Å². The topological polar surface area (TPSA) is 44.8 Å². The van der Waals surface area contributed by atoms with Crippen molar-refractivity contribution < 1.29 is 9.53 Å². The lowest BCUT2D eigenvalue weighted by atomic mass is 9.97. The van der Waals surface area contributed by atoms with Crippen molar-refractivity contribution >= 4 is 5.97 Å². The minimum absolute atomic E-state index is 0.175. The SMILES string of the molecule is CCNC(C)(CCN(C)CC1CCCN1C)C(=O)OC. The first-order valence-corrected chi connectivity index (χ1v) is 7.65. The van der Waals surface area contributed by atoms with Crippen molar-refractivity contribution in [3.05, 3.63) is 0 Å². The summed E-state index contributed by atoms with van der Waals surface area (Å²) >= 11 is 0. The van der Waals surface area contributed by atoms with Crippen LogP contribution in [-0.4, -0.2) is 74.7 Å². The third-order valence-corrected chi connectivity index (χ3v) is 4.39. The number of hydrogen-bond acceptors (Lipinski definition) is 5. The molecular formula is C15H31N3O2. The maximum Gasteiger partial charge on any atom is 0.325 e. The van der Waals surface area contributed by atoms with Crippen LogP contribution in [0.1, 0.15) is 33.1 Å². The summed E-state index contributed by atoms with van der Waals surface area (Å²) in [7, 11) is 5.79. The van der Waals surface area contributed by atoms with Crippen LogP contribution in [0.5, 0.6) is 0 Å². The molecule has 118 valence electrons. The monoisotopic (exact) mass is 285 g/mol. The molecule has 0 amide bonds. The van der Waals surface area contributed by atoms with Crippen molar-refractivity contribution in [2.75, 3.05) is 47.4 Å². The molecule has 2 unspecified atom stereocenters. The van der Waals surface area contributed by atoms with Crippen LogP contribution in [0.3, 0.4) is 0 Å². The van der Waals surface area contributed by atoms with Gasteiger partial charge in [0.2, 0.25) is 0 Å². The Hall–Kier alpha value is -0.650. The Morgan fingerprint density at radius 3 is 2.75 bits per heavy atom. The zero-order valence-electron chi connectivity index (χ0n) is 13.7. The van der Waals surface area contributed by atoms with E-state index in [1.54, 1.807) is 0 Å². The molecule has 1 heterocycles. The second kappa shape index (κ2) is 7.96. The quantitative estimate of drug-likeness (QED) is 0.673. The fraction of sp³-hybridized carbons (Fsp3) is 0.933. The summed E-state index contributed by atoms with van der Waals surface area (Å²) in [5.74, 6) is -0.175. The number of esters is 1. The second-order valence-electron chi connectivity index (χ2n) is 6.14. The lowest BCUT2D eigenvalue weighted by Gasteiger charge is -2.31. The van der Waals surface area contributed by atoms with Crippen LogP contribution in [-0.2, 0) is 9.53 Å². The van der Waals surface area contributed by atoms with Gasteiger partial charge in [-0.25, -0.2) is 0 Å². The van der Waals surface area contributed by atoms with Gasteiger partial charge in [0.05, 0.1) is 7.11 Å². The van der Waals surface area contributed by atoms with Gasteiger partial charge in [0.1, 0.15) is 5.54 Å². The molecule has 1 saturated heterocycles. The molecule has 20 heavy (non-hydrogen) atoms. The van der Waals surface area contributed by atoms with Gasteiger partial charge in [-0.05, 0) is 53.4 Å². The zero-order chi connectivity index (χ0) is 15.2. The normalized spacial score (nSPS) is 23.0. The Morgan fingerprint density at radius 1 is 1.55 bits per heavy atom. The summed E-state index contributed by atoms with van der Waals surface area (Å²) in [6, 6.07) is 0.656. The molecule has 0 saturated carbocycles. The molecule has 1 N–H and O–H groups in total. The van der Waals surface area contributed by atoms with Crippen LogP contribution >= 0.6 is 0 Å². The number of hydrogen-bond donors (Lipinski definition) is 1. The average Bonchev–Trinajstić information content (AvgIpc) is 2.81. The van der Waals surface area contributed by atoms with Crippen molar-refractivity contribution in [3.63, 3.8) is 0 Å². The Labute approximate surface area is 123 Å². The number of nitrogens with zero attached hydrogens (tertiary/aromatic N) is 2. The molecular weight excluding hydrogens is 254 g/mol. The van der Waals surface area contributed by atoms with Crippen LogP contribution in [0, 0.1) is 0 Å². The maximum absolute atomic E-state index is 11.9. The minimum atomic E-state index is -0.584. The Bertz CT molecular complexity index is 311. The number of likely N-dealkylation sites (tertiary alicyclic amines) is 1. The van der Waals surface area contributed by atoms with E-state index in [9.17, 15) is 4.79 Å². The number of nitrogens with one attached hydrogen (secondary N) is 1. The molecule has 0 spiro atoms. The van der Waals surface area contributed by atoms with E-state index >= 15 is 0 Å². The molecule has 2 atom stereocenters. The molecule has 0 bridgehead atoms. The van der Waals surface area contributed by atoms with Gasteiger partial charge in [0, 0.05) is 19.1 Å². The standard InChI is InChI=1S/C15H31N3O2/c1-6-16-15(2,14(19)20-5)9-11-17(3)12-13-8-7-10-18(13)4/h13,16H,6-12H2,1-5H3. The highest BCUT2D eigenvalue weighted by Crippen LogP contribution is 2.17. The Balaban J connectivity index is 2.44. The van der Waals surface area contributed by atoms with Gasteiger partial charge in [-0.15, -0.1) is 0 Å². The van der Waals surface area contributed by atoms with E-state index in [1.165, 1.54) is 26.5 Å². The van der Waals surface area contributed by atoms with E-state index < -0.39 is 5.54 Å². The zero-order valence-corrected chi connectivity index (χ0v) is 13.7. The average molecular weight is 285 g/mol. The molecule has 5 nitrogen and oxygen atoms in total. The first-order valence-electron chi connectivity index (χ1n) is 7.65. The van der Waals surface area contributed by atoms with Gasteiger partial charge >= 0.3 is 5.97 Å². The second-order valence-corrected chi connectivity index (χ2v) is 6.14. The predicted octanol–water partition coefficient (Wildman–Crippen LogP) is 0.944. The van der Waals surface area contributed by atoms with E-state index in [4.69, 9.17) is 4.74 Å². The number of likely N-dealkylation sites (N-methyl/N-ethyl adjacent to an activating group) is 3. The van der Waals surface area contributed by atoms with Crippen molar-refractivity contribution in [2.45, 2.75) is 44.7 Å². The van der Waals surface area contributed by atoms with Crippen LogP contribution in [0.2, 0.25) is 0 Å². The molecule has 1 aliphatic rings. The minimum Gasteiger partial charge on any atom is -0.468 e. The summed E-state index contributed by atoms with van der Waals surface area (Å²) in [6.07, 6.45) is 3.34. The number of carbonyl (C=O) groups is 1. The van der Waals surface area contributed by atoms with E-state index in [2.05, 4.69) is 29.2 Å². The maximum atomic E-state index is 11.9. The molecule has 0 aromatic heterocycles. The molecule has 1 fully saturated rings. The number of methoxy groups -OCH3 is 1. The van der Waals surface area contributed by atoms with Crippen molar-refractivity contribution in [1.82, 2.24) is 15.1 Å². The summed E-state index contributed by atoms with van der Waals surface area (Å²) in [5, 5.41) is 3.26. The summed E-state index contributed by atoms with van der Waals surface area (Å²) < 4.78 is 4.92. The summed E-state index contributed by atoms with van der Waals surface area (Å²) in [6.45, 7) is 7.87. The van der Waals surface area contributed by atoms with Gasteiger partial charge < -0.3 is 19.9 Å². The molecule has 0 aliphatic carbocycles. The van der Waals surface area contributed by atoms with E-state index in [-0.39, 0.29) is 5.97 Å². The fourth-order valence-electron chi connectivity index (χ4n) is 2.95. The first-order chi connectivity index (χ1) is 9.42. The molecule has 5 heteroatoms. The molecule has 1 rings (SSSR count). The fourth-order valence-corrected chi connectivity index (χ4v) is 2.95. The lowest BCUT2D eigenvalue weighted by molar-refractivity contribution is -0.148. The molecule has 0 radical (unpaired) electrons. The smallest absolute Gasteiger partial charge is 0.325 e. The van der Waals surface area contributed by atoms with E-state index in [0.29, 0.717) is 6.04 Å². The molecule has 0 aromatic rings. The van der Waals surface area contributed by atoms with Crippen molar-refractivity contribution in [2.24, 2.45) is 0 Å². The highest BCUT2D eigenvalue weighted by molar-refractivity contribution is 5.80. The third-order valence-electron chi connectivity index (χ3n) is 4.39. The Kier molecular flexibility index (Phi) is 6.92. The van der Waals surface area contributed by atoms with Crippen molar-refractivity contribution in [3.8, 4) is 0 Å². The highest BCUT2D eigenvalue weighted by Gasteiger charge is 2.33. The number of ether oxygens (including phenoxy) is 1. The van der Waals surface area contributed by atoms with Gasteiger partial charge in [-0.2, -0.15) is 0 Å². The van der Waals surface area contributed by atoms with E-state index in [0.717, 1.165) is 26.1 Å². The predicted molar refractivity (Wildman–Crippen MR) is 81.9 cm³/mol. The first kappa shape index (κ1) is 17.4. The lowest BCUT2D eigenvalue weighted by Crippen LogP contribution is -2.52. The Morgan fingerprint density at radius 2 is 2.25 bits per heavy atom. The molecule has 1 aliphatic heterocycles. The van der Waals surface area contributed by atoms with Crippen LogP contribution in [0.25, 0.3) is 0 Å². The van der Waals surface area contributed by atoms with Crippen molar-refractivity contribution in [1.29, 1.82) is 0 Å². The van der Waals surface area contributed by atoms with Crippen LogP contribution in [0.15, 0.2) is 0 Å². The van der Waals surface area contributed by atoms with Crippen LogP contribution < -0.4 is 5.32 Å². The third kappa shape index (κ3) is 4.72. The molecule has 0 aromatic carbocycles. The van der Waals surface area contributed by atoms with Crippen LogP contribution in [0.4, 0.5) is 0 Å². The number of rotatable bonds is 8. The van der Waals surface area contributed by atoms with Gasteiger partial charge in [-0.1, -0.05) is 6.92 Å². The van der Waals surface area contributed by atoms with E-state index in [1.807, 2.05) is 13.8 Å². The highest BCUT2D eigenvalue weighted by atomic mass is 16.5. The largest absolute Gasteiger partial charge is 0.468 e. The van der Waals surface area contributed by atoms with Gasteiger partial charge in [-0.3, -0.25) is 4.79 Å². The number of carbonyl (C=O) groups excluding carboxylic acids is 1. The van der Waals surface area contributed by atoms with Gasteiger partial charge in [0.25, 0.3) is 0 Å². The summed E-state index contributed by atoms with van der Waals surface area (Å²) in [4.78, 5) is 16.7. The summed E-state index contributed by atoms with van der Waals surface area (Å²) in [5.41, 5.74) is -0.584.